The van der Waals surface area contributed by atoms with E-state index in [2.05, 4.69) is 72.8 Å². The predicted molar refractivity (Wildman–Crippen MR) is 296 cm³/mol. The van der Waals surface area contributed by atoms with E-state index >= 15 is 0 Å². The first-order chi connectivity index (χ1) is 36.3. The zero-order valence-corrected chi connectivity index (χ0v) is 43.9. The van der Waals surface area contributed by atoms with E-state index in [9.17, 15) is 38.4 Å². The minimum absolute atomic E-state index is 0.207. The van der Waals surface area contributed by atoms with Crippen molar-refractivity contribution < 1.29 is 43.1 Å². The maximum Gasteiger partial charge on any atom is 0.415 e. The van der Waals surface area contributed by atoms with Crippen LogP contribution in [-0.4, -0.2) is 132 Å². The summed E-state index contributed by atoms with van der Waals surface area (Å²) in [5.41, 5.74) is 8.85. The lowest BCUT2D eigenvalue weighted by Crippen LogP contribution is -2.48. The van der Waals surface area contributed by atoms with Gasteiger partial charge in [-0.3, -0.25) is 33.7 Å². The van der Waals surface area contributed by atoms with Crippen molar-refractivity contribution in [3.63, 3.8) is 0 Å². The quantitative estimate of drug-likeness (QED) is 0.0282. The van der Waals surface area contributed by atoms with Crippen molar-refractivity contribution in [2.45, 2.75) is 45.4 Å². The summed E-state index contributed by atoms with van der Waals surface area (Å²) in [6, 6.07) is 22.5. The summed E-state index contributed by atoms with van der Waals surface area (Å²) in [5.74, 6) is 0.250. The molecule has 7 N–H and O–H groups in total. The molecule has 19 nitrogen and oxygen atoms in total. The first-order valence-electron chi connectivity index (χ1n) is 24.0. The number of aromatic amines is 1. The maximum absolute atomic E-state index is 14.1. The number of carbonyl (C=O) groups excluding carboxylic acids is 8. The number of alkyl halides is 1. The van der Waals surface area contributed by atoms with E-state index < -0.39 is 18.0 Å². The fraction of sp³-hybridized carbons (Fsp3) is 0.309. The van der Waals surface area contributed by atoms with Gasteiger partial charge < -0.3 is 51.4 Å². The van der Waals surface area contributed by atoms with Crippen molar-refractivity contribution in [3.05, 3.63) is 108 Å². The van der Waals surface area contributed by atoms with Crippen LogP contribution in [0.4, 0.5) is 26.7 Å². The van der Waals surface area contributed by atoms with Gasteiger partial charge >= 0.3 is 12.1 Å². The van der Waals surface area contributed by atoms with Gasteiger partial charge in [0.05, 0.1) is 12.2 Å². The summed E-state index contributed by atoms with van der Waals surface area (Å²) in [4.78, 5) is 108. The zero-order valence-electron chi connectivity index (χ0n) is 42.3. The largest absolute Gasteiger partial charge is 0.415 e. The number of aromatic nitrogens is 1. The number of nitrogens with one attached hydrogen (secondary N) is 5. The van der Waals surface area contributed by atoms with Gasteiger partial charge in [-0.15, -0.1) is 25.7 Å². The number of benzene rings is 4. The van der Waals surface area contributed by atoms with Crippen molar-refractivity contribution in [1.82, 2.24) is 30.3 Å². The summed E-state index contributed by atoms with van der Waals surface area (Å²) in [6.07, 6.45) is 21.6. The maximum atomic E-state index is 14.1. The molecule has 4 heterocycles. The SMILES string of the molecule is C#C.C#C.CBr.CCCNC(N)=O.CN1CCN(C(=O)Oc2cc3c(c4ccccc24)CCN3C(=O)c2cc3cc(NC(=O)c4ccc(NC(=O)CNC(=O)CCCCCN5C(=O)C=CC5=O)cc4)ccc3[nH]2)CC1. The van der Waals surface area contributed by atoms with Crippen LogP contribution < -0.4 is 36.6 Å². The second-order valence-corrected chi connectivity index (χ2v) is 16.9. The highest BCUT2D eigenvalue weighted by molar-refractivity contribution is 9.08. The molecule has 0 atom stereocenters. The van der Waals surface area contributed by atoms with Crippen molar-refractivity contribution >= 4 is 102 Å². The minimum Gasteiger partial charge on any atom is -0.409 e. The number of carbonyl (C=O) groups is 8. The number of hydrogen-bond donors (Lipinski definition) is 6. The van der Waals surface area contributed by atoms with Crippen LogP contribution in [0, 0.1) is 25.7 Å². The fourth-order valence-corrected chi connectivity index (χ4v) is 8.16. The van der Waals surface area contributed by atoms with Gasteiger partial charge in [-0.25, -0.2) is 9.59 Å². The molecule has 9 amide bonds. The number of imide groups is 1. The van der Waals surface area contributed by atoms with E-state index in [-0.39, 0.29) is 42.5 Å². The molecule has 4 aromatic carbocycles. The van der Waals surface area contributed by atoms with Crippen molar-refractivity contribution in [1.29, 1.82) is 0 Å². The van der Waals surface area contributed by atoms with Crippen LogP contribution in [0.15, 0.2) is 91.0 Å². The summed E-state index contributed by atoms with van der Waals surface area (Å²) in [6.45, 7) is 5.87. The molecule has 1 fully saturated rings. The Morgan fingerprint density at radius 2 is 1.40 bits per heavy atom. The van der Waals surface area contributed by atoms with E-state index in [4.69, 9.17) is 10.5 Å². The second kappa shape index (κ2) is 29.9. The van der Waals surface area contributed by atoms with Gasteiger partial charge in [-0.1, -0.05) is 53.5 Å². The van der Waals surface area contributed by atoms with Crippen LogP contribution in [0.2, 0.25) is 0 Å². The second-order valence-electron chi connectivity index (χ2n) is 16.9. The van der Waals surface area contributed by atoms with Gasteiger partial charge in [0.25, 0.3) is 23.6 Å². The molecule has 0 aliphatic carbocycles. The van der Waals surface area contributed by atoms with Gasteiger partial charge in [0.15, 0.2) is 0 Å². The molecule has 0 saturated carbocycles. The number of nitrogens with two attached hydrogens (primary N) is 1. The lowest BCUT2D eigenvalue weighted by Gasteiger charge is -2.31. The number of fused-ring (bicyclic) bond motifs is 4. The van der Waals surface area contributed by atoms with E-state index in [0.717, 1.165) is 41.2 Å². The number of piperazine rings is 1. The third-order valence-corrected chi connectivity index (χ3v) is 11.9. The molecule has 75 heavy (non-hydrogen) atoms. The first kappa shape index (κ1) is 59.1. The fourth-order valence-electron chi connectivity index (χ4n) is 8.16. The highest BCUT2D eigenvalue weighted by Gasteiger charge is 2.31. The Labute approximate surface area is 445 Å². The molecule has 5 aromatic rings. The number of H-pyrrole nitrogens is 1. The molecule has 3 aliphatic heterocycles. The van der Waals surface area contributed by atoms with E-state index in [0.29, 0.717) is 98.0 Å². The molecule has 1 saturated heterocycles. The Morgan fingerprint density at radius 1 is 0.747 bits per heavy atom. The summed E-state index contributed by atoms with van der Waals surface area (Å²) >= 11 is 2.94. The van der Waals surface area contributed by atoms with E-state index in [1.54, 1.807) is 64.4 Å². The Hall–Kier alpha value is -8.46. The standard InChI is InChI=1S/C46H46N8O8.C4H10N2O.2C2H2.CH3Br/c1-51-21-23-52(24-22-51)46(61)62-39-27-38-34(33-7-4-5-8-35(33)39)18-20-53(38)45(60)37-26-30-25-32(14-15-36(30)50-37)49-44(59)29-10-12-31(13-11-29)48-41(56)28-47-40(55)9-3-2-6-19-54-42(57)16-17-43(54)58;1-2-3-6-4(5)7;3*1-2/h4-5,7-8,10-17,25-27,50H,2-3,6,9,18-24,28H2,1H3,(H,47,55)(H,48,56)(H,49,59);2-3H2,1H3,(H3,5,6,7);2*1-2H;1H3. The molecule has 394 valence electrons. The van der Waals surface area contributed by atoms with Crippen LogP contribution in [0.3, 0.4) is 0 Å². The monoisotopic (exact) mass is 1090 g/mol. The van der Waals surface area contributed by atoms with Crippen LogP contribution >= 0.6 is 15.9 Å². The average molecular weight is 1090 g/mol. The van der Waals surface area contributed by atoms with Gasteiger partial charge in [0.2, 0.25) is 11.8 Å². The summed E-state index contributed by atoms with van der Waals surface area (Å²) in [5, 5.41) is 13.1. The lowest BCUT2D eigenvalue weighted by atomic mass is 10.0. The van der Waals surface area contributed by atoms with E-state index in [1.165, 1.54) is 17.1 Å². The van der Waals surface area contributed by atoms with E-state index in [1.807, 2.05) is 44.1 Å². The van der Waals surface area contributed by atoms with Gasteiger partial charge in [-0.2, -0.15) is 0 Å². The van der Waals surface area contributed by atoms with Crippen LogP contribution in [0.5, 0.6) is 5.75 Å². The number of likely N-dealkylation sites (N-methyl/N-ethyl adjacent to an activating group) is 1. The molecule has 20 heteroatoms. The molecular weight excluding hydrogens is 1020 g/mol. The topological polar surface area (TPSA) is 249 Å². The van der Waals surface area contributed by atoms with Gasteiger partial charge in [0.1, 0.15) is 11.4 Å². The number of primary amides is 1. The van der Waals surface area contributed by atoms with Gasteiger partial charge in [0, 0.05) is 104 Å². The normalized spacial score (nSPS) is 13.3. The number of terminal acetylenes is 2. The predicted octanol–water partition coefficient (Wildman–Crippen LogP) is 6.64. The molecule has 0 radical (unpaired) electrons. The molecule has 0 bridgehead atoms. The summed E-state index contributed by atoms with van der Waals surface area (Å²) in [7, 11) is 2.02. The average Bonchev–Trinajstić information content (AvgIpc) is 4.15. The van der Waals surface area contributed by atoms with Crippen molar-refractivity contribution in [2.24, 2.45) is 5.73 Å². The number of ether oxygens (including phenoxy) is 1. The molecule has 3 aliphatic rings. The molecule has 8 rings (SSSR count). The number of urea groups is 1. The number of rotatable bonds is 15. The van der Waals surface area contributed by atoms with Crippen molar-refractivity contribution in [2.75, 3.05) is 80.8 Å². The smallest absolute Gasteiger partial charge is 0.409 e. The number of unbranched alkanes of at least 4 members (excludes halogenated alkanes) is 2. The number of hydrogen-bond acceptors (Lipinski definition) is 10. The molecule has 0 unspecified atom stereocenters. The Kier molecular flexibility index (Phi) is 23.6. The van der Waals surface area contributed by atoms with Gasteiger partial charge in [-0.05, 0) is 98.0 Å². The summed E-state index contributed by atoms with van der Waals surface area (Å²) < 4.78 is 6.00. The highest BCUT2D eigenvalue weighted by Crippen LogP contribution is 2.41. The van der Waals surface area contributed by atoms with Crippen molar-refractivity contribution in [3.8, 4) is 31.4 Å². The number of amides is 9. The van der Waals surface area contributed by atoms with Crippen LogP contribution in [0.25, 0.3) is 21.7 Å². The Bertz CT molecular complexity index is 2880. The van der Waals surface area contributed by atoms with Crippen LogP contribution in [0.1, 0.15) is 65.4 Å². The van der Waals surface area contributed by atoms with Crippen LogP contribution in [-0.2, 0) is 25.6 Å². The molecule has 0 spiro atoms. The Morgan fingerprint density at radius 3 is 2.04 bits per heavy atom. The minimum atomic E-state index is -0.443. The third-order valence-electron chi connectivity index (χ3n) is 11.9. The number of nitrogens with zero attached hydrogens (tertiary/aromatic N) is 4. The molecular formula is C55H63BrN10O9. The highest BCUT2D eigenvalue weighted by atomic mass is 79.9. The Balaban J connectivity index is 0.000000848. The zero-order chi connectivity index (χ0) is 55.0. The number of halogens is 1. The first-order valence-corrected chi connectivity index (χ1v) is 25.6. The molecule has 1 aromatic heterocycles. The lowest BCUT2D eigenvalue weighted by molar-refractivity contribution is -0.137. The number of anilines is 3. The third kappa shape index (κ3) is 16.5.